The Labute approximate surface area is 104 Å². The second-order valence-corrected chi connectivity index (χ2v) is 5.05. The molecule has 1 saturated heterocycles. The van der Waals surface area contributed by atoms with Crippen LogP contribution in [0.15, 0.2) is 6.07 Å². The molecular weight excluding hydrogens is 243 g/mol. The van der Waals surface area contributed by atoms with Crippen LogP contribution in [0.25, 0.3) is 0 Å². The summed E-state index contributed by atoms with van der Waals surface area (Å²) in [5.74, 6) is 0. The van der Waals surface area contributed by atoms with E-state index in [-0.39, 0.29) is 6.04 Å². The van der Waals surface area contributed by atoms with Crippen LogP contribution in [0.3, 0.4) is 0 Å². The van der Waals surface area contributed by atoms with Crippen molar-refractivity contribution in [2.24, 2.45) is 0 Å². The second-order valence-electron chi connectivity index (χ2n) is 5.05. The Kier molecular flexibility index (Phi) is 3.66. The number of nitrogens with one attached hydrogen (secondary N) is 1. The van der Waals surface area contributed by atoms with Crippen LogP contribution < -0.4 is 0 Å². The molecule has 6 heteroatoms. The quantitative estimate of drug-likeness (QED) is 0.885. The third-order valence-corrected chi connectivity index (χ3v) is 3.45. The van der Waals surface area contributed by atoms with Crippen LogP contribution in [-0.4, -0.2) is 27.7 Å². The van der Waals surface area contributed by atoms with Crippen LogP contribution in [0.4, 0.5) is 13.2 Å². The molecule has 1 N–H and O–H groups in total. The summed E-state index contributed by atoms with van der Waals surface area (Å²) in [5.41, 5.74) is -0.248. The molecule has 1 aromatic rings. The normalized spacial score (nSPS) is 22.7. The van der Waals surface area contributed by atoms with Gasteiger partial charge in [-0.2, -0.15) is 18.3 Å². The Morgan fingerprint density at radius 1 is 1.39 bits per heavy atom. The smallest absolute Gasteiger partial charge is 0.292 e. The molecule has 0 amide bonds. The van der Waals surface area contributed by atoms with Crippen LogP contribution in [-0.2, 0) is 6.18 Å². The van der Waals surface area contributed by atoms with Crippen molar-refractivity contribution in [3.8, 4) is 0 Å². The first-order chi connectivity index (χ1) is 8.39. The highest BCUT2D eigenvalue weighted by atomic mass is 19.4. The van der Waals surface area contributed by atoms with Gasteiger partial charge < -0.3 is 0 Å². The van der Waals surface area contributed by atoms with Gasteiger partial charge in [-0.15, -0.1) is 0 Å². The van der Waals surface area contributed by atoms with Gasteiger partial charge in [0.2, 0.25) is 0 Å². The summed E-state index contributed by atoms with van der Waals surface area (Å²) in [6.45, 7) is 5.07. The molecule has 0 saturated carbocycles. The van der Waals surface area contributed by atoms with Crippen LogP contribution >= 0.6 is 0 Å². The number of likely N-dealkylation sites (tertiary alicyclic amines) is 1. The minimum Gasteiger partial charge on any atom is -0.292 e. The number of rotatable bonds is 2. The largest absolute Gasteiger partial charge is 0.435 e. The van der Waals surface area contributed by atoms with Gasteiger partial charge in [0.1, 0.15) is 0 Å². The van der Waals surface area contributed by atoms with Gasteiger partial charge in [-0.3, -0.25) is 10.00 Å². The van der Waals surface area contributed by atoms with E-state index in [2.05, 4.69) is 28.9 Å². The monoisotopic (exact) mass is 261 g/mol. The van der Waals surface area contributed by atoms with Crippen molar-refractivity contribution in [1.29, 1.82) is 0 Å². The predicted molar refractivity (Wildman–Crippen MR) is 62.0 cm³/mol. The zero-order chi connectivity index (χ0) is 13.3. The molecule has 1 fully saturated rings. The fraction of sp³-hybridized carbons (Fsp3) is 0.750. The van der Waals surface area contributed by atoms with Gasteiger partial charge in [-0.25, -0.2) is 0 Å². The zero-order valence-corrected chi connectivity index (χ0v) is 10.6. The minimum atomic E-state index is -4.37. The van der Waals surface area contributed by atoms with E-state index >= 15 is 0 Å². The lowest BCUT2D eigenvalue weighted by atomic mass is 9.97. The molecule has 2 rings (SSSR count). The van der Waals surface area contributed by atoms with Crippen molar-refractivity contribution in [1.82, 2.24) is 15.1 Å². The van der Waals surface area contributed by atoms with Crippen LogP contribution in [0.1, 0.15) is 50.5 Å². The molecule has 3 nitrogen and oxygen atoms in total. The number of hydrogen-bond donors (Lipinski definition) is 1. The number of aromatic amines is 1. The Morgan fingerprint density at radius 2 is 2.11 bits per heavy atom. The fourth-order valence-corrected chi connectivity index (χ4v) is 2.56. The summed E-state index contributed by atoms with van der Waals surface area (Å²) in [6.07, 6.45) is -1.33. The van der Waals surface area contributed by atoms with Gasteiger partial charge in [0.05, 0.1) is 11.7 Å². The van der Waals surface area contributed by atoms with Gasteiger partial charge in [0, 0.05) is 6.04 Å². The molecule has 0 aromatic carbocycles. The van der Waals surface area contributed by atoms with Gasteiger partial charge in [0.25, 0.3) is 0 Å². The lowest BCUT2D eigenvalue weighted by Gasteiger charge is -2.37. The molecule has 0 unspecified atom stereocenters. The van der Waals surface area contributed by atoms with E-state index in [1.165, 1.54) is 0 Å². The van der Waals surface area contributed by atoms with Gasteiger partial charge in [-0.1, -0.05) is 6.42 Å². The van der Waals surface area contributed by atoms with E-state index in [0.29, 0.717) is 11.7 Å². The van der Waals surface area contributed by atoms with Gasteiger partial charge in [0.15, 0.2) is 5.69 Å². The highest BCUT2D eigenvalue weighted by molar-refractivity contribution is 5.16. The van der Waals surface area contributed by atoms with Crippen molar-refractivity contribution >= 4 is 0 Å². The first-order valence-electron chi connectivity index (χ1n) is 6.28. The number of alkyl halides is 3. The van der Waals surface area contributed by atoms with E-state index in [9.17, 15) is 13.2 Å². The van der Waals surface area contributed by atoms with E-state index in [1.807, 2.05) is 0 Å². The molecule has 0 bridgehead atoms. The molecule has 1 aliphatic rings. The number of aromatic nitrogens is 2. The summed E-state index contributed by atoms with van der Waals surface area (Å²) < 4.78 is 37.6. The lowest BCUT2D eigenvalue weighted by Crippen LogP contribution is -2.38. The fourth-order valence-electron chi connectivity index (χ4n) is 2.56. The minimum absolute atomic E-state index is 0.0300. The van der Waals surface area contributed by atoms with Crippen molar-refractivity contribution in [2.75, 3.05) is 6.54 Å². The molecule has 0 aliphatic carbocycles. The molecule has 18 heavy (non-hydrogen) atoms. The summed E-state index contributed by atoms with van der Waals surface area (Å²) in [6, 6.07) is 1.50. The van der Waals surface area contributed by atoms with E-state index in [0.717, 1.165) is 31.9 Å². The number of hydrogen-bond acceptors (Lipinski definition) is 2. The molecule has 102 valence electrons. The Hall–Kier alpha value is -1.04. The summed E-state index contributed by atoms with van der Waals surface area (Å²) in [7, 11) is 0. The summed E-state index contributed by atoms with van der Waals surface area (Å²) in [5, 5.41) is 5.93. The first kappa shape index (κ1) is 13.4. The SMILES string of the molecule is CC(C)N1CCCC[C@H]1c1cc(C(F)(F)F)n[nH]1. The van der Waals surface area contributed by atoms with E-state index < -0.39 is 11.9 Å². The highest BCUT2D eigenvalue weighted by Gasteiger charge is 2.36. The molecular formula is C12H18F3N3. The Bertz CT molecular complexity index is 398. The number of H-pyrrole nitrogens is 1. The second kappa shape index (κ2) is 4.91. The average Bonchev–Trinajstić information content (AvgIpc) is 2.77. The molecule has 1 atom stereocenters. The molecule has 2 heterocycles. The molecule has 0 radical (unpaired) electrons. The van der Waals surface area contributed by atoms with Crippen molar-refractivity contribution < 1.29 is 13.2 Å². The number of piperidine rings is 1. The predicted octanol–water partition coefficient (Wildman–Crippen LogP) is 3.36. The topological polar surface area (TPSA) is 31.9 Å². The highest BCUT2D eigenvalue weighted by Crippen LogP contribution is 2.34. The van der Waals surface area contributed by atoms with Crippen LogP contribution in [0.5, 0.6) is 0 Å². The number of nitrogens with zero attached hydrogens (tertiary/aromatic N) is 2. The Balaban J connectivity index is 2.21. The third kappa shape index (κ3) is 2.68. The third-order valence-electron chi connectivity index (χ3n) is 3.45. The molecule has 1 aromatic heterocycles. The van der Waals surface area contributed by atoms with Crippen molar-refractivity contribution in [3.05, 3.63) is 17.5 Å². The maximum absolute atomic E-state index is 12.5. The maximum Gasteiger partial charge on any atom is 0.435 e. The van der Waals surface area contributed by atoms with Gasteiger partial charge >= 0.3 is 6.18 Å². The van der Waals surface area contributed by atoms with Crippen LogP contribution in [0, 0.1) is 0 Å². The lowest BCUT2D eigenvalue weighted by molar-refractivity contribution is -0.141. The standard InChI is InChI=1S/C12H18F3N3/c1-8(2)18-6-4-3-5-10(18)9-7-11(17-16-9)12(13,14)15/h7-8,10H,3-6H2,1-2H3,(H,16,17)/t10-/m0/s1. The van der Waals surface area contributed by atoms with Gasteiger partial charge in [-0.05, 0) is 39.3 Å². The number of halogens is 3. The molecule has 0 spiro atoms. The summed E-state index contributed by atoms with van der Waals surface area (Å²) >= 11 is 0. The molecule has 1 aliphatic heterocycles. The van der Waals surface area contributed by atoms with Crippen molar-refractivity contribution in [3.63, 3.8) is 0 Å². The van der Waals surface area contributed by atoms with Crippen LogP contribution in [0.2, 0.25) is 0 Å². The average molecular weight is 261 g/mol. The Morgan fingerprint density at radius 3 is 2.67 bits per heavy atom. The van der Waals surface area contributed by atoms with Crippen molar-refractivity contribution in [2.45, 2.75) is 51.4 Å². The van der Waals surface area contributed by atoms with E-state index in [4.69, 9.17) is 0 Å². The summed E-state index contributed by atoms with van der Waals surface area (Å²) in [4.78, 5) is 2.23. The zero-order valence-electron chi connectivity index (χ0n) is 10.6. The maximum atomic E-state index is 12.5. The van der Waals surface area contributed by atoms with E-state index in [1.54, 1.807) is 0 Å². The first-order valence-corrected chi connectivity index (χ1v) is 6.28.